The molecule has 0 N–H and O–H groups in total. The fraction of sp³-hybridized carbons (Fsp3) is 0.159. The Morgan fingerprint density at radius 3 is 1.85 bits per heavy atom. The number of oxazole rings is 1. The third-order valence-corrected chi connectivity index (χ3v) is 10.7. The van der Waals surface area contributed by atoms with Gasteiger partial charge in [0.15, 0.2) is 5.58 Å². The summed E-state index contributed by atoms with van der Waals surface area (Å²) in [7, 11) is 0. The number of hydrogen-bond donors (Lipinski definition) is 0. The fourth-order valence-electron chi connectivity index (χ4n) is 9.06. The minimum absolute atomic E-state index is 0.0468. The van der Waals surface area contributed by atoms with E-state index in [1.54, 1.807) is 0 Å². The van der Waals surface area contributed by atoms with Gasteiger partial charge in [0.05, 0.1) is 33.4 Å². The van der Waals surface area contributed by atoms with Gasteiger partial charge in [0.1, 0.15) is 5.52 Å². The van der Waals surface area contributed by atoms with E-state index in [4.69, 9.17) is 9.40 Å². The molecule has 0 unspecified atom stereocenters. The minimum atomic E-state index is 0.0468. The van der Waals surface area contributed by atoms with E-state index in [2.05, 4.69) is 128 Å². The Hall–Kier alpha value is -5.61. The SMILES string of the molecule is CC1(C)CC(C)(C)c2c(-n3c4ccccc4c4cc5c6ccccc6n(-c6cccc7oc(-c8ccccc8)nc67)c5cc43)cccc21. The van der Waals surface area contributed by atoms with Gasteiger partial charge in [-0.25, -0.2) is 4.98 Å². The lowest BCUT2D eigenvalue weighted by Crippen LogP contribution is -2.18. The van der Waals surface area contributed by atoms with Gasteiger partial charge in [0, 0.05) is 27.1 Å². The maximum Gasteiger partial charge on any atom is 0.227 e. The van der Waals surface area contributed by atoms with Crippen molar-refractivity contribution in [2.24, 2.45) is 0 Å². The van der Waals surface area contributed by atoms with Gasteiger partial charge in [0.25, 0.3) is 0 Å². The van der Waals surface area contributed by atoms with Crippen LogP contribution in [0.2, 0.25) is 0 Å². The molecule has 4 heteroatoms. The highest BCUT2D eigenvalue weighted by molar-refractivity contribution is 6.19. The van der Waals surface area contributed by atoms with Crippen LogP contribution in [0.25, 0.3) is 77.5 Å². The summed E-state index contributed by atoms with van der Waals surface area (Å²) in [4.78, 5) is 5.09. The molecule has 0 saturated heterocycles. The van der Waals surface area contributed by atoms with Crippen LogP contribution in [0, 0.1) is 0 Å². The monoisotopic (exact) mass is 621 g/mol. The molecular formula is C44H35N3O. The van der Waals surface area contributed by atoms with Crippen LogP contribution in [0.4, 0.5) is 0 Å². The zero-order valence-electron chi connectivity index (χ0n) is 27.6. The lowest BCUT2D eigenvalue weighted by molar-refractivity contribution is 0.403. The number of aromatic nitrogens is 3. The molecule has 3 heterocycles. The lowest BCUT2D eigenvalue weighted by atomic mass is 9.81. The quantitative estimate of drug-likeness (QED) is 0.197. The van der Waals surface area contributed by atoms with Crippen molar-refractivity contribution in [3.8, 4) is 22.8 Å². The van der Waals surface area contributed by atoms with Crippen LogP contribution in [0.15, 0.2) is 132 Å². The Balaban J connectivity index is 1.33. The third-order valence-electron chi connectivity index (χ3n) is 10.7. The summed E-state index contributed by atoms with van der Waals surface area (Å²) < 4.78 is 11.3. The maximum atomic E-state index is 6.35. The Morgan fingerprint density at radius 2 is 1.15 bits per heavy atom. The Morgan fingerprint density at radius 1 is 0.542 bits per heavy atom. The Bertz CT molecular complexity index is 2750. The smallest absolute Gasteiger partial charge is 0.227 e. The van der Waals surface area contributed by atoms with E-state index >= 15 is 0 Å². The van der Waals surface area contributed by atoms with E-state index in [9.17, 15) is 0 Å². The molecule has 0 atom stereocenters. The third kappa shape index (κ3) is 3.69. The number of hydrogen-bond acceptors (Lipinski definition) is 2. The maximum absolute atomic E-state index is 6.35. The molecule has 4 nitrogen and oxygen atoms in total. The van der Waals surface area contributed by atoms with Crippen LogP contribution in [0.3, 0.4) is 0 Å². The average molecular weight is 622 g/mol. The van der Waals surface area contributed by atoms with Gasteiger partial charge in [-0.15, -0.1) is 0 Å². The largest absolute Gasteiger partial charge is 0.436 e. The number of nitrogens with zero attached hydrogens (tertiary/aromatic N) is 3. The summed E-state index contributed by atoms with van der Waals surface area (Å²) >= 11 is 0. The van der Waals surface area contributed by atoms with Crippen molar-refractivity contribution < 1.29 is 4.42 Å². The van der Waals surface area contributed by atoms with Crippen molar-refractivity contribution in [1.82, 2.24) is 14.1 Å². The summed E-state index contributed by atoms with van der Waals surface area (Å²) in [6.45, 7) is 9.62. The predicted molar refractivity (Wildman–Crippen MR) is 199 cm³/mol. The second kappa shape index (κ2) is 9.48. The molecule has 0 amide bonds. The molecule has 0 fully saturated rings. The molecule has 3 aromatic heterocycles. The predicted octanol–water partition coefficient (Wildman–Crippen LogP) is 11.6. The first kappa shape index (κ1) is 27.5. The van der Waals surface area contributed by atoms with Gasteiger partial charge >= 0.3 is 0 Å². The Labute approximate surface area is 278 Å². The van der Waals surface area contributed by atoms with E-state index in [1.807, 2.05) is 36.4 Å². The van der Waals surface area contributed by atoms with Crippen LogP contribution in [0.5, 0.6) is 0 Å². The highest BCUT2D eigenvalue weighted by Gasteiger charge is 2.43. The van der Waals surface area contributed by atoms with Crippen molar-refractivity contribution in [2.75, 3.05) is 0 Å². The molecule has 0 spiro atoms. The van der Waals surface area contributed by atoms with Gasteiger partial charge in [-0.05, 0) is 83.0 Å². The first-order chi connectivity index (χ1) is 23.3. The van der Waals surface area contributed by atoms with Gasteiger partial charge in [0.2, 0.25) is 5.89 Å². The van der Waals surface area contributed by atoms with Crippen LogP contribution >= 0.6 is 0 Å². The normalized spacial score (nSPS) is 15.3. The summed E-state index contributed by atoms with van der Waals surface area (Å²) in [5.41, 5.74) is 12.7. The topological polar surface area (TPSA) is 35.9 Å². The summed E-state index contributed by atoms with van der Waals surface area (Å²) in [5, 5.41) is 4.98. The first-order valence-electron chi connectivity index (χ1n) is 16.9. The molecule has 0 aliphatic heterocycles. The van der Waals surface area contributed by atoms with Gasteiger partial charge in [-0.2, -0.15) is 0 Å². The van der Waals surface area contributed by atoms with E-state index in [0.717, 1.165) is 39.8 Å². The van der Waals surface area contributed by atoms with E-state index < -0.39 is 0 Å². The molecule has 0 radical (unpaired) electrons. The van der Waals surface area contributed by atoms with Crippen LogP contribution in [0.1, 0.15) is 45.2 Å². The zero-order valence-corrected chi connectivity index (χ0v) is 27.6. The zero-order chi connectivity index (χ0) is 32.4. The Kier molecular flexibility index (Phi) is 5.43. The van der Waals surface area contributed by atoms with Crippen LogP contribution < -0.4 is 0 Å². The molecule has 0 bridgehead atoms. The summed E-state index contributed by atoms with van der Waals surface area (Å²) in [6.07, 6.45) is 1.12. The number of fused-ring (bicyclic) bond motifs is 8. The molecule has 48 heavy (non-hydrogen) atoms. The van der Waals surface area contributed by atoms with E-state index in [1.165, 1.54) is 49.4 Å². The van der Waals surface area contributed by atoms with E-state index in [-0.39, 0.29) is 10.8 Å². The fourth-order valence-corrected chi connectivity index (χ4v) is 9.06. The second-order valence-electron chi connectivity index (χ2n) is 14.7. The highest BCUT2D eigenvalue weighted by atomic mass is 16.3. The van der Waals surface area contributed by atoms with E-state index in [0.29, 0.717) is 5.89 Å². The number of rotatable bonds is 3. The van der Waals surface area contributed by atoms with Gasteiger partial charge in [-0.1, -0.05) is 100 Å². The average Bonchev–Trinajstić information content (AvgIpc) is 3.81. The van der Waals surface area contributed by atoms with Crippen LogP contribution in [-0.2, 0) is 10.8 Å². The standard InChI is InChI=1S/C44H35N3O/c1-43(2)26-44(3,4)40-32(43)18-12-21-35(40)46-33-19-10-8-16-28(33)30-24-31-29-17-9-11-20-34(29)47(38(31)25-37(30)46)36-22-13-23-39-41(36)45-42(48-39)27-14-6-5-7-15-27/h5-25H,26H2,1-4H3. The first-order valence-corrected chi connectivity index (χ1v) is 16.9. The molecule has 1 aliphatic rings. The van der Waals surface area contributed by atoms with Crippen molar-refractivity contribution in [3.63, 3.8) is 0 Å². The van der Waals surface area contributed by atoms with Gasteiger partial charge < -0.3 is 13.6 Å². The number of para-hydroxylation sites is 3. The molecule has 0 saturated carbocycles. The highest BCUT2D eigenvalue weighted by Crippen LogP contribution is 2.52. The van der Waals surface area contributed by atoms with Gasteiger partial charge in [-0.3, -0.25) is 0 Å². The summed E-state index contributed by atoms with van der Waals surface area (Å²) in [6, 6.07) is 45.8. The summed E-state index contributed by atoms with van der Waals surface area (Å²) in [5.74, 6) is 0.629. The second-order valence-corrected chi connectivity index (χ2v) is 14.7. The van der Waals surface area contributed by atoms with Crippen molar-refractivity contribution in [2.45, 2.75) is 44.9 Å². The molecule has 6 aromatic carbocycles. The molecule has 232 valence electrons. The van der Waals surface area contributed by atoms with Crippen molar-refractivity contribution >= 4 is 54.7 Å². The van der Waals surface area contributed by atoms with Crippen molar-refractivity contribution in [1.29, 1.82) is 0 Å². The van der Waals surface area contributed by atoms with Crippen molar-refractivity contribution in [3.05, 3.63) is 139 Å². The lowest BCUT2D eigenvalue weighted by Gasteiger charge is -2.24. The molecule has 9 aromatic rings. The van der Waals surface area contributed by atoms with Crippen LogP contribution in [-0.4, -0.2) is 14.1 Å². The molecular weight excluding hydrogens is 587 g/mol. The molecule has 10 rings (SSSR count). The molecule has 1 aliphatic carbocycles. The minimum Gasteiger partial charge on any atom is -0.436 e. The number of benzene rings is 6.